The van der Waals surface area contributed by atoms with Gasteiger partial charge in [-0.2, -0.15) is 0 Å². The standard InChI is InChI=1S/C17H18ClN3O2S.ClH/c18-13-4-3-12(17(23)21-6-5-11(9-19)10-21)8-14(13)20-16(22)15-2-1-7-24-15;/h1-4,7-8,11H,5-6,9-10,19H2,(H,20,22);1H. The van der Waals surface area contributed by atoms with Gasteiger partial charge in [-0.05, 0) is 48.5 Å². The van der Waals surface area contributed by atoms with Crippen LogP contribution in [0.2, 0.25) is 5.02 Å². The van der Waals surface area contributed by atoms with Crippen LogP contribution in [0.25, 0.3) is 0 Å². The van der Waals surface area contributed by atoms with E-state index in [-0.39, 0.29) is 24.2 Å². The Morgan fingerprint density at radius 1 is 1.36 bits per heavy atom. The van der Waals surface area contributed by atoms with E-state index in [1.165, 1.54) is 11.3 Å². The number of anilines is 1. The molecule has 2 amide bonds. The van der Waals surface area contributed by atoms with Crippen LogP contribution in [0.15, 0.2) is 35.7 Å². The van der Waals surface area contributed by atoms with Crippen molar-refractivity contribution in [2.45, 2.75) is 6.42 Å². The van der Waals surface area contributed by atoms with Crippen molar-refractivity contribution in [3.05, 3.63) is 51.2 Å². The minimum absolute atomic E-state index is 0. The summed E-state index contributed by atoms with van der Waals surface area (Å²) >= 11 is 7.51. The van der Waals surface area contributed by atoms with Gasteiger partial charge in [0.25, 0.3) is 11.8 Å². The normalized spacial score (nSPS) is 16.4. The molecule has 1 fully saturated rings. The van der Waals surface area contributed by atoms with E-state index in [1.54, 1.807) is 29.2 Å². The average molecular weight is 400 g/mol. The number of thiophene rings is 1. The summed E-state index contributed by atoms with van der Waals surface area (Å²) in [6.45, 7) is 1.97. The lowest BCUT2D eigenvalue weighted by Gasteiger charge is -2.17. The summed E-state index contributed by atoms with van der Waals surface area (Å²) in [4.78, 5) is 27.2. The highest BCUT2D eigenvalue weighted by Crippen LogP contribution is 2.26. The van der Waals surface area contributed by atoms with Gasteiger partial charge in [-0.3, -0.25) is 9.59 Å². The van der Waals surface area contributed by atoms with Crippen LogP contribution in [0.4, 0.5) is 5.69 Å². The molecule has 2 heterocycles. The van der Waals surface area contributed by atoms with E-state index in [2.05, 4.69) is 5.32 Å². The van der Waals surface area contributed by atoms with Crippen molar-refractivity contribution in [2.75, 3.05) is 25.0 Å². The van der Waals surface area contributed by atoms with Crippen LogP contribution in [-0.4, -0.2) is 36.3 Å². The molecule has 25 heavy (non-hydrogen) atoms. The number of nitrogens with one attached hydrogen (secondary N) is 1. The maximum Gasteiger partial charge on any atom is 0.265 e. The van der Waals surface area contributed by atoms with Gasteiger partial charge in [0.15, 0.2) is 0 Å². The lowest BCUT2D eigenvalue weighted by Crippen LogP contribution is -2.30. The van der Waals surface area contributed by atoms with Crippen molar-refractivity contribution >= 4 is 52.8 Å². The molecule has 0 aliphatic carbocycles. The summed E-state index contributed by atoms with van der Waals surface area (Å²) < 4.78 is 0. The SMILES string of the molecule is Cl.NCC1CCN(C(=O)c2ccc(Cl)c(NC(=O)c3cccs3)c2)C1. The van der Waals surface area contributed by atoms with Crippen LogP contribution >= 0.6 is 35.3 Å². The zero-order chi connectivity index (χ0) is 17.1. The minimum atomic E-state index is -0.235. The number of hydrogen-bond acceptors (Lipinski definition) is 4. The number of halogens is 2. The first-order valence-electron chi connectivity index (χ1n) is 7.72. The molecule has 3 N–H and O–H groups in total. The van der Waals surface area contributed by atoms with Crippen LogP contribution in [-0.2, 0) is 0 Å². The van der Waals surface area contributed by atoms with Gasteiger partial charge in [0, 0.05) is 18.7 Å². The van der Waals surface area contributed by atoms with Crippen molar-refractivity contribution in [2.24, 2.45) is 11.7 Å². The molecule has 1 saturated heterocycles. The molecule has 1 atom stereocenters. The second kappa shape index (κ2) is 8.67. The quantitative estimate of drug-likeness (QED) is 0.825. The maximum atomic E-state index is 12.6. The number of benzene rings is 1. The largest absolute Gasteiger partial charge is 0.338 e. The Bertz CT molecular complexity index is 752. The Morgan fingerprint density at radius 3 is 2.80 bits per heavy atom. The van der Waals surface area contributed by atoms with Crippen LogP contribution in [0.5, 0.6) is 0 Å². The number of hydrogen-bond donors (Lipinski definition) is 2. The summed E-state index contributed by atoms with van der Waals surface area (Å²) in [6, 6.07) is 8.49. The van der Waals surface area contributed by atoms with E-state index in [0.717, 1.165) is 6.42 Å². The van der Waals surface area contributed by atoms with Gasteiger partial charge in [-0.1, -0.05) is 17.7 Å². The highest BCUT2D eigenvalue weighted by molar-refractivity contribution is 7.12. The van der Waals surface area contributed by atoms with Crippen molar-refractivity contribution in [1.82, 2.24) is 4.90 Å². The van der Waals surface area contributed by atoms with Crippen molar-refractivity contribution in [3.63, 3.8) is 0 Å². The van der Waals surface area contributed by atoms with E-state index >= 15 is 0 Å². The molecule has 0 radical (unpaired) electrons. The number of nitrogens with two attached hydrogens (primary N) is 1. The molecular formula is C17H19Cl2N3O2S. The first-order valence-corrected chi connectivity index (χ1v) is 8.98. The monoisotopic (exact) mass is 399 g/mol. The molecule has 5 nitrogen and oxygen atoms in total. The summed E-state index contributed by atoms with van der Waals surface area (Å²) in [5.74, 6) is 0.0642. The van der Waals surface area contributed by atoms with Crippen LogP contribution < -0.4 is 11.1 Å². The molecule has 1 unspecified atom stereocenters. The molecule has 1 aromatic carbocycles. The molecule has 2 aromatic rings. The van der Waals surface area contributed by atoms with E-state index in [1.807, 2.05) is 11.4 Å². The molecule has 134 valence electrons. The average Bonchev–Trinajstić information content (AvgIpc) is 3.27. The molecule has 8 heteroatoms. The molecular weight excluding hydrogens is 381 g/mol. The van der Waals surface area contributed by atoms with Crippen molar-refractivity contribution < 1.29 is 9.59 Å². The third kappa shape index (κ3) is 4.52. The third-order valence-electron chi connectivity index (χ3n) is 4.11. The van der Waals surface area contributed by atoms with Gasteiger partial charge < -0.3 is 16.0 Å². The number of amides is 2. The van der Waals surface area contributed by atoms with Gasteiger partial charge in [0.2, 0.25) is 0 Å². The topological polar surface area (TPSA) is 75.4 Å². The Balaban J connectivity index is 0.00000225. The number of rotatable bonds is 4. The Morgan fingerprint density at radius 2 is 2.16 bits per heavy atom. The molecule has 1 aliphatic rings. The second-order valence-corrected chi connectivity index (χ2v) is 7.12. The molecule has 3 rings (SSSR count). The fourth-order valence-corrected chi connectivity index (χ4v) is 3.52. The maximum absolute atomic E-state index is 12.6. The molecule has 0 saturated carbocycles. The Kier molecular flexibility index (Phi) is 6.84. The Hall–Kier alpha value is -1.60. The molecule has 1 aliphatic heterocycles. The highest BCUT2D eigenvalue weighted by atomic mass is 35.5. The summed E-state index contributed by atoms with van der Waals surface area (Å²) in [6.07, 6.45) is 0.928. The minimum Gasteiger partial charge on any atom is -0.338 e. The molecule has 0 spiro atoms. The van der Waals surface area contributed by atoms with Crippen LogP contribution in [0, 0.1) is 5.92 Å². The summed E-state index contributed by atoms with van der Waals surface area (Å²) in [7, 11) is 0. The fourth-order valence-electron chi connectivity index (χ4n) is 2.74. The van der Waals surface area contributed by atoms with Gasteiger partial charge in [0.05, 0.1) is 15.6 Å². The predicted molar refractivity (Wildman–Crippen MR) is 104 cm³/mol. The number of carbonyl (C=O) groups is 2. The van der Waals surface area contributed by atoms with E-state index in [9.17, 15) is 9.59 Å². The second-order valence-electron chi connectivity index (χ2n) is 5.77. The van der Waals surface area contributed by atoms with Gasteiger partial charge in [0.1, 0.15) is 0 Å². The van der Waals surface area contributed by atoms with Gasteiger partial charge in [-0.15, -0.1) is 23.7 Å². The summed E-state index contributed by atoms with van der Waals surface area (Å²) in [5.41, 5.74) is 6.63. The van der Waals surface area contributed by atoms with Crippen LogP contribution in [0.1, 0.15) is 26.5 Å². The fraction of sp³-hybridized carbons (Fsp3) is 0.294. The van der Waals surface area contributed by atoms with Crippen molar-refractivity contribution in [1.29, 1.82) is 0 Å². The smallest absolute Gasteiger partial charge is 0.265 e. The molecule has 0 bridgehead atoms. The van der Waals surface area contributed by atoms with Gasteiger partial charge >= 0.3 is 0 Å². The summed E-state index contributed by atoms with van der Waals surface area (Å²) in [5, 5.41) is 5.00. The number of likely N-dealkylation sites (tertiary alicyclic amines) is 1. The van der Waals surface area contributed by atoms with Gasteiger partial charge in [-0.25, -0.2) is 0 Å². The zero-order valence-corrected chi connectivity index (χ0v) is 15.8. The number of nitrogens with zero attached hydrogens (tertiary/aromatic N) is 1. The zero-order valence-electron chi connectivity index (χ0n) is 13.4. The number of carbonyl (C=O) groups excluding carboxylic acids is 2. The van der Waals surface area contributed by atoms with E-state index in [4.69, 9.17) is 17.3 Å². The Labute approximate surface area is 161 Å². The van der Waals surface area contributed by atoms with E-state index < -0.39 is 0 Å². The van der Waals surface area contributed by atoms with Crippen molar-refractivity contribution in [3.8, 4) is 0 Å². The van der Waals surface area contributed by atoms with E-state index in [0.29, 0.717) is 46.7 Å². The third-order valence-corrected chi connectivity index (χ3v) is 5.31. The lowest BCUT2D eigenvalue weighted by atomic mass is 10.1. The van der Waals surface area contributed by atoms with Crippen LogP contribution in [0.3, 0.4) is 0 Å². The first kappa shape index (κ1) is 19.7. The molecule has 1 aromatic heterocycles. The predicted octanol–water partition coefficient (Wildman–Crippen LogP) is 3.50. The highest BCUT2D eigenvalue weighted by Gasteiger charge is 2.26. The lowest BCUT2D eigenvalue weighted by molar-refractivity contribution is 0.0787. The first-order chi connectivity index (χ1) is 11.6.